The number of ether oxygens (including phenoxy) is 1. The van der Waals surface area contributed by atoms with Gasteiger partial charge in [0.1, 0.15) is 11.6 Å². The van der Waals surface area contributed by atoms with Crippen molar-refractivity contribution in [2.75, 3.05) is 13.7 Å². The van der Waals surface area contributed by atoms with E-state index in [-0.39, 0.29) is 5.82 Å². The molecule has 0 saturated carbocycles. The highest BCUT2D eigenvalue weighted by Crippen LogP contribution is 2.11. The van der Waals surface area contributed by atoms with Crippen LogP contribution in [0.3, 0.4) is 0 Å². The van der Waals surface area contributed by atoms with E-state index in [1.807, 2.05) is 37.3 Å². The second kappa shape index (κ2) is 8.91. The van der Waals surface area contributed by atoms with E-state index in [1.165, 1.54) is 6.07 Å². The second-order valence-electron chi connectivity index (χ2n) is 5.48. The third-order valence-corrected chi connectivity index (χ3v) is 3.61. The Bertz CT molecular complexity index is 684. The Labute approximate surface area is 142 Å². The van der Waals surface area contributed by atoms with Crippen molar-refractivity contribution in [1.82, 2.24) is 10.6 Å². The Balaban J connectivity index is 1.97. The summed E-state index contributed by atoms with van der Waals surface area (Å²) in [5.41, 5.74) is 2.76. The highest BCUT2D eigenvalue weighted by Gasteiger charge is 2.01. The fourth-order valence-electron chi connectivity index (χ4n) is 2.25. The first-order valence-corrected chi connectivity index (χ1v) is 8.02. The molecule has 128 valence electrons. The first-order chi connectivity index (χ1) is 11.6. The molecule has 0 unspecified atom stereocenters. The summed E-state index contributed by atoms with van der Waals surface area (Å²) in [6.45, 7) is 5.72. The third kappa shape index (κ3) is 5.26. The molecule has 2 aromatic rings. The number of rotatable bonds is 6. The van der Waals surface area contributed by atoms with Crippen LogP contribution in [0.1, 0.15) is 23.6 Å². The molecule has 0 radical (unpaired) electrons. The van der Waals surface area contributed by atoms with Gasteiger partial charge >= 0.3 is 0 Å². The fraction of sp³-hybridized carbons (Fsp3) is 0.316. The number of hydrogen-bond donors (Lipinski definition) is 2. The van der Waals surface area contributed by atoms with Crippen molar-refractivity contribution in [2.24, 2.45) is 4.99 Å². The van der Waals surface area contributed by atoms with E-state index in [0.29, 0.717) is 18.7 Å². The zero-order valence-electron chi connectivity index (χ0n) is 14.4. The molecule has 0 fully saturated rings. The summed E-state index contributed by atoms with van der Waals surface area (Å²) >= 11 is 0. The van der Waals surface area contributed by atoms with Crippen LogP contribution in [0.2, 0.25) is 0 Å². The van der Waals surface area contributed by atoms with Gasteiger partial charge in [0.15, 0.2) is 5.96 Å². The Kier molecular flexibility index (Phi) is 6.61. The minimum atomic E-state index is -0.188. The number of hydrogen-bond acceptors (Lipinski definition) is 2. The van der Waals surface area contributed by atoms with Crippen LogP contribution in [-0.4, -0.2) is 19.6 Å². The number of benzene rings is 2. The predicted molar refractivity (Wildman–Crippen MR) is 95.8 cm³/mol. The predicted octanol–water partition coefficient (Wildman–Crippen LogP) is 3.40. The minimum Gasteiger partial charge on any atom is -0.497 e. The maximum Gasteiger partial charge on any atom is 0.191 e. The van der Waals surface area contributed by atoms with Gasteiger partial charge in [0.05, 0.1) is 13.7 Å². The van der Waals surface area contributed by atoms with Gasteiger partial charge in [0, 0.05) is 13.1 Å². The average molecular weight is 329 g/mol. The molecule has 0 aliphatic heterocycles. The Hall–Kier alpha value is -2.56. The zero-order chi connectivity index (χ0) is 17.4. The van der Waals surface area contributed by atoms with Crippen molar-refractivity contribution in [3.63, 3.8) is 0 Å². The summed E-state index contributed by atoms with van der Waals surface area (Å²) in [6.07, 6.45) is 0. The van der Waals surface area contributed by atoms with Crippen LogP contribution < -0.4 is 15.4 Å². The van der Waals surface area contributed by atoms with Crippen LogP contribution in [0.4, 0.5) is 4.39 Å². The van der Waals surface area contributed by atoms with Crippen LogP contribution in [-0.2, 0) is 13.1 Å². The molecule has 0 atom stereocenters. The summed E-state index contributed by atoms with van der Waals surface area (Å²) in [6, 6.07) is 13.0. The monoisotopic (exact) mass is 329 g/mol. The highest BCUT2D eigenvalue weighted by molar-refractivity contribution is 5.79. The molecule has 0 aromatic heterocycles. The normalized spacial score (nSPS) is 11.2. The van der Waals surface area contributed by atoms with E-state index in [2.05, 4.69) is 15.6 Å². The van der Waals surface area contributed by atoms with Crippen LogP contribution in [0, 0.1) is 12.7 Å². The molecule has 4 nitrogen and oxygen atoms in total. The van der Waals surface area contributed by atoms with Gasteiger partial charge in [-0.15, -0.1) is 0 Å². The van der Waals surface area contributed by atoms with Gasteiger partial charge in [0.2, 0.25) is 0 Å². The van der Waals surface area contributed by atoms with Gasteiger partial charge < -0.3 is 15.4 Å². The highest BCUT2D eigenvalue weighted by atomic mass is 19.1. The van der Waals surface area contributed by atoms with Crippen molar-refractivity contribution < 1.29 is 9.13 Å². The van der Waals surface area contributed by atoms with Crippen molar-refractivity contribution in [1.29, 1.82) is 0 Å². The summed E-state index contributed by atoms with van der Waals surface area (Å²) < 4.78 is 18.5. The number of nitrogens with one attached hydrogen (secondary N) is 2. The number of guanidine groups is 1. The van der Waals surface area contributed by atoms with Crippen molar-refractivity contribution in [3.05, 3.63) is 65.0 Å². The van der Waals surface area contributed by atoms with Gasteiger partial charge in [-0.2, -0.15) is 0 Å². The molecular weight excluding hydrogens is 305 g/mol. The summed E-state index contributed by atoms with van der Waals surface area (Å²) in [7, 11) is 1.65. The molecule has 2 rings (SSSR count). The number of halogens is 1. The Morgan fingerprint density at radius 3 is 2.42 bits per heavy atom. The first-order valence-electron chi connectivity index (χ1n) is 8.02. The standard InChI is InChI=1S/C19H24FN3O/c1-4-21-19(22-12-15-5-8-17(24-3)9-6-15)23-13-16-7-10-18(20)14(2)11-16/h5-11H,4,12-13H2,1-3H3,(H2,21,22,23). The van der Waals surface area contributed by atoms with Gasteiger partial charge in [-0.25, -0.2) is 9.38 Å². The van der Waals surface area contributed by atoms with Gasteiger partial charge in [-0.05, 0) is 48.7 Å². The van der Waals surface area contributed by atoms with Gasteiger partial charge in [-0.1, -0.05) is 24.3 Å². The molecule has 24 heavy (non-hydrogen) atoms. The first kappa shape index (κ1) is 17.8. The molecule has 0 heterocycles. The van der Waals surface area contributed by atoms with Crippen LogP contribution >= 0.6 is 0 Å². The number of methoxy groups -OCH3 is 1. The topological polar surface area (TPSA) is 45.7 Å². The Morgan fingerprint density at radius 2 is 1.79 bits per heavy atom. The summed E-state index contributed by atoms with van der Waals surface area (Å²) in [5, 5.41) is 6.51. The SMILES string of the molecule is CCNC(=NCc1ccc(F)c(C)c1)NCc1ccc(OC)cc1. The Morgan fingerprint density at radius 1 is 1.08 bits per heavy atom. The van der Waals surface area contributed by atoms with Crippen molar-refractivity contribution >= 4 is 5.96 Å². The molecule has 0 spiro atoms. The minimum absolute atomic E-state index is 0.188. The maximum absolute atomic E-state index is 13.3. The van der Waals surface area contributed by atoms with E-state index in [1.54, 1.807) is 20.1 Å². The van der Waals surface area contributed by atoms with Crippen LogP contribution in [0.15, 0.2) is 47.5 Å². The smallest absolute Gasteiger partial charge is 0.191 e. The summed E-state index contributed by atoms with van der Waals surface area (Å²) in [5.74, 6) is 1.38. The molecule has 5 heteroatoms. The second-order valence-corrected chi connectivity index (χ2v) is 5.48. The lowest BCUT2D eigenvalue weighted by atomic mass is 10.1. The quantitative estimate of drug-likeness (QED) is 0.631. The van der Waals surface area contributed by atoms with Crippen LogP contribution in [0.25, 0.3) is 0 Å². The van der Waals surface area contributed by atoms with E-state index < -0.39 is 0 Å². The molecule has 0 aliphatic rings. The zero-order valence-corrected chi connectivity index (χ0v) is 14.4. The average Bonchev–Trinajstić information content (AvgIpc) is 2.60. The lowest BCUT2D eigenvalue weighted by Gasteiger charge is -2.12. The largest absolute Gasteiger partial charge is 0.497 e. The van der Waals surface area contributed by atoms with Gasteiger partial charge in [-0.3, -0.25) is 0 Å². The van der Waals surface area contributed by atoms with Crippen molar-refractivity contribution in [2.45, 2.75) is 26.9 Å². The maximum atomic E-state index is 13.3. The van der Waals surface area contributed by atoms with E-state index >= 15 is 0 Å². The molecule has 2 aromatic carbocycles. The molecule has 0 aliphatic carbocycles. The number of nitrogens with zero attached hydrogens (tertiary/aromatic N) is 1. The lowest BCUT2D eigenvalue weighted by molar-refractivity contribution is 0.414. The van der Waals surface area contributed by atoms with E-state index in [9.17, 15) is 4.39 Å². The molecule has 2 N–H and O–H groups in total. The lowest BCUT2D eigenvalue weighted by Crippen LogP contribution is -2.36. The van der Waals surface area contributed by atoms with Crippen molar-refractivity contribution in [3.8, 4) is 5.75 Å². The summed E-state index contributed by atoms with van der Waals surface area (Å²) in [4.78, 5) is 4.55. The third-order valence-electron chi connectivity index (χ3n) is 3.61. The molecule has 0 amide bonds. The number of aliphatic imine (C=N–C) groups is 1. The van der Waals surface area contributed by atoms with Crippen LogP contribution in [0.5, 0.6) is 5.75 Å². The van der Waals surface area contributed by atoms with E-state index in [0.717, 1.165) is 29.4 Å². The van der Waals surface area contributed by atoms with E-state index in [4.69, 9.17) is 4.74 Å². The molecule has 0 bridgehead atoms. The van der Waals surface area contributed by atoms with Gasteiger partial charge in [0.25, 0.3) is 0 Å². The molecular formula is C19H24FN3O. The fourth-order valence-corrected chi connectivity index (χ4v) is 2.25. The number of aryl methyl sites for hydroxylation is 1. The molecule has 0 saturated heterocycles.